The molecule has 2 N–H and O–H groups in total. The predicted molar refractivity (Wildman–Crippen MR) is 75.6 cm³/mol. The monoisotopic (exact) mass is 287 g/mol. The van der Waals surface area contributed by atoms with Crippen molar-refractivity contribution in [3.63, 3.8) is 0 Å². The maximum atomic E-state index is 12.0. The molecule has 0 bridgehead atoms. The van der Waals surface area contributed by atoms with Crippen LogP contribution in [0, 0.1) is 17.2 Å². The minimum atomic E-state index is -0.318. The van der Waals surface area contributed by atoms with E-state index in [-0.39, 0.29) is 11.7 Å². The summed E-state index contributed by atoms with van der Waals surface area (Å²) in [5.74, 6) is 0.420. The van der Waals surface area contributed by atoms with Crippen molar-refractivity contribution in [3.05, 3.63) is 33.9 Å². The van der Waals surface area contributed by atoms with Crippen LogP contribution in [0.25, 0.3) is 5.65 Å². The second kappa shape index (κ2) is 5.31. The van der Waals surface area contributed by atoms with Gasteiger partial charge in [-0.2, -0.15) is 5.26 Å². The largest absolute Gasteiger partial charge is 0.392 e. The zero-order valence-corrected chi connectivity index (χ0v) is 11.8. The Labute approximate surface area is 121 Å². The normalized spacial score (nSPS) is 16.3. The average Bonchev–Trinajstić information content (AvgIpc) is 3.19. The van der Waals surface area contributed by atoms with Crippen LogP contribution in [0.5, 0.6) is 0 Å². The van der Waals surface area contributed by atoms with Crippen LogP contribution in [-0.2, 0) is 6.54 Å². The van der Waals surface area contributed by atoms with Crippen molar-refractivity contribution in [2.45, 2.75) is 25.5 Å². The number of nitrogens with zero attached hydrogens (tertiary/aromatic N) is 4. The highest BCUT2D eigenvalue weighted by Crippen LogP contribution is 2.32. The minimum absolute atomic E-state index is 0.243. The third-order valence-corrected chi connectivity index (χ3v) is 3.77. The van der Waals surface area contributed by atoms with Gasteiger partial charge in [0.25, 0.3) is 5.56 Å². The number of likely N-dealkylation sites (N-methyl/N-ethyl adjacent to an activating group) is 1. The van der Waals surface area contributed by atoms with Crippen molar-refractivity contribution in [2.24, 2.45) is 5.92 Å². The summed E-state index contributed by atoms with van der Waals surface area (Å²) in [5.41, 5.74) is 1.04. The van der Waals surface area contributed by atoms with E-state index in [9.17, 15) is 9.90 Å². The molecule has 1 aliphatic carbocycles. The number of aromatic nitrogens is 3. The van der Waals surface area contributed by atoms with Crippen molar-refractivity contribution in [1.82, 2.24) is 19.5 Å². The first-order valence-electron chi connectivity index (χ1n) is 6.95. The first kappa shape index (κ1) is 13.8. The van der Waals surface area contributed by atoms with Crippen molar-refractivity contribution >= 4 is 5.65 Å². The summed E-state index contributed by atoms with van der Waals surface area (Å²) >= 11 is 0. The van der Waals surface area contributed by atoms with Gasteiger partial charge >= 0.3 is 0 Å². The molecule has 110 valence electrons. The maximum absolute atomic E-state index is 12.0. The van der Waals surface area contributed by atoms with Gasteiger partial charge in [0, 0.05) is 25.4 Å². The smallest absolute Gasteiger partial charge is 0.272 e. The van der Waals surface area contributed by atoms with Gasteiger partial charge in [0.1, 0.15) is 11.6 Å². The van der Waals surface area contributed by atoms with Crippen molar-refractivity contribution in [2.75, 3.05) is 13.6 Å². The molecular weight excluding hydrogens is 270 g/mol. The third-order valence-electron chi connectivity index (χ3n) is 3.77. The highest BCUT2D eigenvalue weighted by atomic mass is 16.3. The lowest BCUT2D eigenvalue weighted by molar-refractivity contribution is 0.104. The summed E-state index contributed by atoms with van der Waals surface area (Å²) in [6.45, 7) is 1.02. The zero-order valence-electron chi connectivity index (χ0n) is 11.8. The molecule has 7 heteroatoms. The Morgan fingerprint density at radius 3 is 3.10 bits per heavy atom. The number of nitriles is 1. The molecule has 2 aromatic rings. The average molecular weight is 287 g/mol. The topological polar surface area (TPSA) is 97.4 Å². The van der Waals surface area contributed by atoms with Crippen LogP contribution in [0.1, 0.15) is 24.1 Å². The number of hydrogen-bond donors (Lipinski definition) is 2. The fourth-order valence-corrected chi connectivity index (χ4v) is 2.48. The van der Waals surface area contributed by atoms with Crippen molar-refractivity contribution in [3.8, 4) is 6.07 Å². The SMILES string of the molecule is CN(Cc1cc(=O)n2[nH]cc(C#N)c2n1)CC(O)C1CC1. The Hall–Kier alpha value is -2.17. The Kier molecular flexibility index (Phi) is 3.49. The van der Waals surface area contributed by atoms with E-state index in [4.69, 9.17) is 5.26 Å². The van der Waals surface area contributed by atoms with Gasteiger partial charge in [-0.3, -0.25) is 14.8 Å². The summed E-state index contributed by atoms with van der Waals surface area (Å²) < 4.78 is 1.25. The van der Waals surface area contributed by atoms with Crippen molar-refractivity contribution < 1.29 is 5.11 Å². The molecule has 0 aliphatic heterocycles. The summed E-state index contributed by atoms with van der Waals surface area (Å²) in [6, 6.07) is 3.46. The van der Waals surface area contributed by atoms with Crippen LogP contribution in [0.3, 0.4) is 0 Å². The summed E-state index contributed by atoms with van der Waals surface area (Å²) in [5, 5.41) is 21.7. The summed E-state index contributed by atoms with van der Waals surface area (Å²) in [4.78, 5) is 18.3. The van der Waals surface area contributed by atoms with Gasteiger partial charge in [0.15, 0.2) is 5.65 Å². The molecule has 3 rings (SSSR count). The second-order valence-corrected chi connectivity index (χ2v) is 5.65. The Bertz CT molecular complexity index is 753. The first-order valence-corrected chi connectivity index (χ1v) is 6.95. The molecule has 1 saturated carbocycles. The first-order chi connectivity index (χ1) is 10.1. The van der Waals surface area contributed by atoms with Gasteiger partial charge in [-0.05, 0) is 25.8 Å². The number of aliphatic hydroxyl groups is 1. The van der Waals surface area contributed by atoms with Crippen LogP contribution < -0.4 is 5.56 Å². The summed E-state index contributed by atoms with van der Waals surface area (Å²) in [6.07, 6.45) is 3.33. The molecule has 0 saturated heterocycles. The molecule has 0 radical (unpaired) electrons. The van der Waals surface area contributed by atoms with Crippen molar-refractivity contribution in [1.29, 1.82) is 5.26 Å². The number of aliphatic hydroxyl groups excluding tert-OH is 1. The van der Waals surface area contributed by atoms with E-state index in [1.54, 1.807) is 0 Å². The predicted octanol–water partition coefficient (Wildman–Crippen LogP) is 0.0970. The van der Waals surface area contributed by atoms with E-state index in [1.807, 2.05) is 18.0 Å². The van der Waals surface area contributed by atoms with E-state index < -0.39 is 0 Å². The summed E-state index contributed by atoms with van der Waals surface area (Å²) in [7, 11) is 1.89. The van der Waals surface area contributed by atoms with Gasteiger partial charge < -0.3 is 5.11 Å². The Morgan fingerprint density at radius 1 is 1.67 bits per heavy atom. The fourth-order valence-electron chi connectivity index (χ4n) is 2.48. The minimum Gasteiger partial charge on any atom is -0.392 e. The van der Waals surface area contributed by atoms with E-state index >= 15 is 0 Å². The molecule has 1 aliphatic rings. The van der Waals surface area contributed by atoms with Gasteiger partial charge in [-0.15, -0.1) is 0 Å². The molecule has 0 amide bonds. The third kappa shape index (κ3) is 2.82. The van der Waals surface area contributed by atoms with Gasteiger partial charge in [0.05, 0.1) is 11.8 Å². The van der Waals surface area contributed by atoms with Crippen LogP contribution in [-0.4, -0.2) is 44.3 Å². The van der Waals surface area contributed by atoms with Crippen LogP contribution in [0.15, 0.2) is 17.1 Å². The lowest BCUT2D eigenvalue weighted by Gasteiger charge is -2.19. The number of hydrogen-bond acceptors (Lipinski definition) is 5. The molecule has 0 spiro atoms. The van der Waals surface area contributed by atoms with E-state index in [2.05, 4.69) is 10.1 Å². The van der Waals surface area contributed by atoms with Gasteiger partial charge in [0.2, 0.25) is 0 Å². The number of nitrogens with one attached hydrogen (secondary N) is 1. The lowest BCUT2D eigenvalue weighted by atomic mass is 10.2. The number of fused-ring (bicyclic) bond motifs is 1. The van der Waals surface area contributed by atoms with E-state index in [0.717, 1.165) is 12.8 Å². The number of rotatable bonds is 5. The zero-order chi connectivity index (χ0) is 15.0. The molecule has 0 aromatic carbocycles. The lowest BCUT2D eigenvalue weighted by Crippen LogP contribution is -2.31. The van der Waals surface area contributed by atoms with Gasteiger partial charge in [-0.1, -0.05) is 0 Å². The number of aromatic amines is 1. The highest BCUT2D eigenvalue weighted by Gasteiger charge is 2.30. The molecule has 1 unspecified atom stereocenters. The molecule has 21 heavy (non-hydrogen) atoms. The number of H-pyrrole nitrogens is 1. The molecular formula is C14H17N5O2. The van der Waals surface area contributed by atoms with Gasteiger partial charge in [-0.25, -0.2) is 9.50 Å². The van der Waals surface area contributed by atoms with Crippen LogP contribution in [0.4, 0.5) is 0 Å². The quantitative estimate of drug-likeness (QED) is 0.812. The van der Waals surface area contributed by atoms with E-state index in [0.29, 0.717) is 35.9 Å². The Morgan fingerprint density at radius 2 is 2.43 bits per heavy atom. The van der Waals surface area contributed by atoms with Crippen LogP contribution >= 0.6 is 0 Å². The molecule has 1 atom stereocenters. The molecule has 2 heterocycles. The van der Waals surface area contributed by atoms with Crippen LogP contribution in [0.2, 0.25) is 0 Å². The second-order valence-electron chi connectivity index (χ2n) is 5.65. The molecule has 7 nitrogen and oxygen atoms in total. The highest BCUT2D eigenvalue weighted by molar-refractivity contribution is 5.53. The fraction of sp³-hybridized carbons (Fsp3) is 0.500. The molecule has 1 fully saturated rings. The Balaban J connectivity index is 1.80. The maximum Gasteiger partial charge on any atom is 0.272 e. The standard InChI is InChI=1S/C14H17N5O2/c1-18(8-12(20)9-2-3-9)7-11-4-13(21)19-14(17-11)10(5-15)6-16-19/h4,6,9,12,16,20H,2-3,7-8H2,1H3. The van der Waals surface area contributed by atoms with E-state index in [1.165, 1.54) is 16.8 Å². The molecule has 2 aromatic heterocycles.